The zero-order valence-corrected chi connectivity index (χ0v) is 17.3. The summed E-state index contributed by atoms with van der Waals surface area (Å²) in [5.41, 5.74) is 1.63. The van der Waals surface area contributed by atoms with Gasteiger partial charge in [0.1, 0.15) is 12.8 Å². The number of rotatable bonds is 3. The van der Waals surface area contributed by atoms with E-state index in [2.05, 4.69) is 0 Å². The van der Waals surface area contributed by atoms with Crippen molar-refractivity contribution in [3.05, 3.63) is 64.4 Å². The molecule has 3 N–H and O–H groups in total. The van der Waals surface area contributed by atoms with E-state index in [-0.39, 0.29) is 10.8 Å². The quantitative estimate of drug-likeness (QED) is 0.160. The molecule has 1 heterocycles. The number of aromatic nitrogens is 1. The number of aryl methyl sites for hydroxylation is 1. The number of aliphatic hydroxyl groups is 1. The van der Waals surface area contributed by atoms with E-state index in [9.17, 15) is 31.4 Å². The second kappa shape index (κ2) is 13.1. The fraction of sp³-hybridized carbons (Fsp3) is 0.167. The molecule has 0 atom stereocenters. The zero-order valence-electron chi connectivity index (χ0n) is 15.8. The van der Waals surface area contributed by atoms with E-state index in [0.29, 0.717) is 10.6 Å². The molecule has 0 amide bonds. The first kappa shape index (κ1) is 29.5. The first-order valence-corrected chi connectivity index (χ1v) is 8.67. The smallest absolute Gasteiger partial charge is 0.490 e. The molecule has 14 heteroatoms. The maximum atomic E-state index is 10.7. The number of pyridine rings is 1. The van der Waals surface area contributed by atoms with Crippen molar-refractivity contribution in [1.82, 2.24) is 0 Å². The Kier molecular flexibility index (Phi) is 12.1. The number of benzene rings is 1. The number of hydrogen-bond acceptors (Lipinski definition) is 3. The summed E-state index contributed by atoms with van der Waals surface area (Å²) in [6, 6.07) is 7.12. The third-order valence-corrected chi connectivity index (χ3v) is 3.47. The summed E-state index contributed by atoms with van der Waals surface area (Å²) in [6.45, 7) is -0.618. The Morgan fingerprint density at radius 3 is 2.00 bits per heavy atom. The van der Waals surface area contributed by atoms with Crippen LogP contribution in [0.15, 0.2) is 36.7 Å². The third kappa shape index (κ3) is 13.0. The van der Waals surface area contributed by atoms with Crippen LogP contribution < -0.4 is 9.82 Å². The SMILES string of the molecule is C[n+]1ccc(/C=C/c2cc(Cl)cc(Cl)c2O)cc1.O=C(O)C(F)(F)F.[O-][OH+][CH-]C(F)(F)F. The van der Waals surface area contributed by atoms with Gasteiger partial charge in [0.25, 0.3) is 0 Å². The Morgan fingerprint density at radius 1 is 1.12 bits per heavy atom. The van der Waals surface area contributed by atoms with Gasteiger partial charge in [-0.15, -0.1) is 0 Å². The van der Waals surface area contributed by atoms with Gasteiger partial charge in [0.05, 0.1) is 11.6 Å². The summed E-state index contributed by atoms with van der Waals surface area (Å²) >= 11 is 11.7. The number of aromatic hydroxyl groups is 1. The number of alkyl halides is 6. The van der Waals surface area contributed by atoms with Crippen molar-refractivity contribution in [2.24, 2.45) is 7.05 Å². The van der Waals surface area contributed by atoms with Crippen LogP contribution in [0.5, 0.6) is 5.75 Å². The van der Waals surface area contributed by atoms with Gasteiger partial charge in [-0.05, 0) is 17.7 Å². The average Bonchev–Trinajstić information content (AvgIpc) is 2.64. The molecule has 0 aliphatic rings. The molecule has 1 aromatic carbocycles. The minimum atomic E-state index is -5.08. The monoisotopic (exact) mass is 509 g/mol. The molecule has 2 aromatic rings. The lowest BCUT2D eigenvalue weighted by Gasteiger charge is -2.13. The highest BCUT2D eigenvalue weighted by molar-refractivity contribution is 6.35. The van der Waals surface area contributed by atoms with Gasteiger partial charge in [0, 0.05) is 22.7 Å². The summed E-state index contributed by atoms with van der Waals surface area (Å²) in [5, 5.41) is 26.5. The van der Waals surface area contributed by atoms with Gasteiger partial charge < -0.3 is 20.4 Å². The standard InChI is InChI=1S/C14H11Cl2NO.C2H2F3O2.C2HF3O2/c1-17-6-4-10(5-7-17)2-3-11-8-12(15)9-13(16)14(11)18;3-2(4,5)1-7-6;3-2(4,5)1(6)7/h2-9H,1H3;1,7H;(H,6,7)/q;-1;/p+1. The number of halogens is 8. The molecule has 0 saturated heterocycles. The van der Waals surface area contributed by atoms with Crippen molar-refractivity contribution in [2.75, 3.05) is 0 Å². The van der Waals surface area contributed by atoms with Crippen molar-refractivity contribution < 1.29 is 56.1 Å². The lowest BCUT2D eigenvalue weighted by molar-refractivity contribution is -0.767. The second-order valence-corrected chi connectivity index (χ2v) is 6.38. The summed E-state index contributed by atoms with van der Waals surface area (Å²) < 4.78 is 65.8. The van der Waals surface area contributed by atoms with Crippen molar-refractivity contribution in [3.8, 4) is 5.75 Å². The number of carboxylic acids is 1. The maximum absolute atomic E-state index is 10.7. The Labute approximate surface area is 187 Å². The molecule has 0 spiro atoms. The van der Waals surface area contributed by atoms with Crippen LogP contribution in [0, 0.1) is 6.61 Å². The van der Waals surface area contributed by atoms with Gasteiger partial charge in [0.15, 0.2) is 12.4 Å². The lowest BCUT2D eigenvalue weighted by atomic mass is 10.1. The molecule has 1 aromatic heterocycles. The molecule has 32 heavy (non-hydrogen) atoms. The maximum Gasteiger partial charge on any atom is 0.490 e. The van der Waals surface area contributed by atoms with Crippen LogP contribution >= 0.6 is 23.2 Å². The van der Waals surface area contributed by atoms with E-state index < -0.39 is 24.9 Å². The van der Waals surface area contributed by atoms with E-state index in [0.717, 1.165) is 5.56 Å². The molecule has 6 nitrogen and oxygen atoms in total. The zero-order chi connectivity index (χ0) is 25.1. The van der Waals surface area contributed by atoms with Crippen molar-refractivity contribution in [1.29, 1.82) is 0 Å². The fourth-order valence-electron chi connectivity index (χ4n) is 1.58. The number of carboxylic acid groups (broad SMARTS) is 1. The Morgan fingerprint density at radius 2 is 1.62 bits per heavy atom. The highest BCUT2D eigenvalue weighted by atomic mass is 35.5. The van der Waals surface area contributed by atoms with Crippen LogP contribution in [-0.4, -0.2) is 33.4 Å². The van der Waals surface area contributed by atoms with Crippen LogP contribution in [0.1, 0.15) is 11.1 Å². The van der Waals surface area contributed by atoms with Gasteiger partial charge in [0.2, 0.25) is 0 Å². The molecule has 0 unspecified atom stereocenters. The highest BCUT2D eigenvalue weighted by Crippen LogP contribution is 2.32. The number of phenols is 1. The Balaban J connectivity index is 0.000000570. The average molecular weight is 510 g/mol. The molecule has 2 rings (SSSR count). The second-order valence-electron chi connectivity index (χ2n) is 5.53. The predicted molar refractivity (Wildman–Crippen MR) is 101 cm³/mol. The lowest BCUT2D eigenvalue weighted by Crippen LogP contribution is -2.25. The molecule has 0 radical (unpaired) electrons. The minimum Gasteiger partial charge on any atom is -0.582 e. The summed E-state index contributed by atoms with van der Waals surface area (Å²) in [7, 11) is 1.95. The Hall–Kier alpha value is -2.54. The molecular formula is C18H15Cl2F6NO5. The van der Waals surface area contributed by atoms with Crippen molar-refractivity contribution in [3.63, 3.8) is 0 Å². The fourth-order valence-corrected chi connectivity index (χ4v) is 2.09. The predicted octanol–water partition coefficient (Wildman–Crippen LogP) is 4.41. The van der Waals surface area contributed by atoms with E-state index >= 15 is 0 Å². The molecule has 0 aliphatic heterocycles. The van der Waals surface area contributed by atoms with Gasteiger partial charge in [-0.2, -0.15) is 26.3 Å². The normalized spacial score (nSPS) is 11.3. The van der Waals surface area contributed by atoms with Crippen LogP contribution in [-0.2, 0) is 11.8 Å². The Bertz CT molecular complexity index is 902. The van der Waals surface area contributed by atoms with Gasteiger partial charge in [-0.1, -0.05) is 35.4 Å². The molecule has 178 valence electrons. The largest absolute Gasteiger partial charge is 0.582 e. The molecular weight excluding hydrogens is 495 g/mol. The molecule has 0 saturated carbocycles. The van der Waals surface area contributed by atoms with Crippen molar-refractivity contribution in [2.45, 2.75) is 12.4 Å². The van der Waals surface area contributed by atoms with Gasteiger partial charge >= 0.3 is 18.3 Å². The topological polar surface area (TPSA) is 97.3 Å². The summed E-state index contributed by atoms with van der Waals surface area (Å²) in [4.78, 5) is 10.4. The molecule has 0 aliphatic carbocycles. The number of nitrogens with zero attached hydrogens (tertiary/aromatic N) is 1. The van der Waals surface area contributed by atoms with Crippen LogP contribution in [0.2, 0.25) is 10.0 Å². The first-order valence-electron chi connectivity index (χ1n) is 7.92. The number of phenolic OH excluding ortho intramolecular Hbond substituents is 1. The first-order chi connectivity index (χ1) is 14.6. The van der Waals surface area contributed by atoms with Crippen LogP contribution in [0.25, 0.3) is 12.2 Å². The van der Waals surface area contributed by atoms with E-state index in [1.54, 1.807) is 12.1 Å². The summed E-state index contributed by atoms with van der Waals surface area (Å²) in [5.74, 6) is -2.72. The van der Waals surface area contributed by atoms with Crippen LogP contribution in [0.3, 0.4) is 0 Å². The number of aliphatic carboxylic acids is 1. The molecule has 0 fully saturated rings. The van der Waals surface area contributed by atoms with Crippen molar-refractivity contribution >= 4 is 41.3 Å². The van der Waals surface area contributed by atoms with E-state index in [1.807, 2.05) is 42.2 Å². The van der Waals surface area contributed by atoms with Gasteiger partial charge in [-0.25, -0.2) is 9.36 Å². The van der Waals surface area contributed by atoms with Crippen LogP contribution in [0.4, 0.5) is 26.3 Å². The highest BCUT2D eigenvalue weighted by Gasteiger charge is 2.38. The number of carbonyl (C=O) groups is 1. The van der Waals surface area contributed by atoms with Gasteiger partial charge in [-0.3, -0.25) is 0 Å². The molecule has 0 bridgehead atoms. The van der Waals surface area contributed by atoms with E-state index in [1.165, 1.54) is 11.0 Å². The van der Waals surface area contributed by atoms with E-state index in [4.69, 9.17) is 38.4 Å². The summed E-state index contributed by atoms with van der Waals surface area (Å²) in [6.07, 6.45) is -2.07. The minimum absolute atomic E-state index is 0.0406. The number of hydrogen-bond donors (Lipinski definition) is 2. The third-order valence-electron chi connectivity index (χ3n) is 2.96.